The molecule has 1 saturated heterocycles. The molecule has 2 rings (SSSR count). The van der Waals surface area contributed by atoms with Gasteiger partial charge in [0.15, 0.2) is 0 Å². The fourth-order valence-electron chi connectivity index (χ4n) is 3.71. The van der Waals surface area contributed by atoms with Crippen molar-refractivity contribution >= 4 is 27.5 Å². The number of anilines is 1. The first-order chi connectivity index (χ1) is 14.4. The molecule has 0 bridgehead atoms. The zero-order valence-corrected chi connectivity index (χ0v) is 20.2. The summed E-state index contributed by atoms with van der Waals surface area (Å²) in [5.74, 6) is 0.0323. The van der Waals surface area contributed by atoms with Crippen LogP contribution < -0.4 is 10.1 Å². The Morgan fingerprint density at radius 3 is 2.23 bits per heavy atom. The van der Waals surface area contributed by atoms with Gasteiger partial charge in [0.2, 0.25) is 21.8 Å². The molecule has 0 atom stereocenters. The quantitative estimate of drug-likeness (QED) is 0.685. The number of rotatable bonds is 7. The van der Waals surface area contributed by atoms with Crippen LogP contribution in [0, 0.1) is 11.3 Å². The molecule has 2 amide bonds. The maximum absolute atomic E-state index is 12.9. The first kappa shape index (κ1) is 25.1. The number of carbonyl (C=O) groups is 2. The zero-order chi connectivity index (χ0) is 23.4. The monoisotopic (exact) mass is 453 g/mol. The van der Waals surface area contributed by atoms with E-state index in [1.807, 2.05) is 25.7 Å². The average molecular weight is 454 g/mol. The van der Waals surface area contributed by atoms with Crippen LogP contribution in [0.25, 0.3) is 0 Å². The van der Waals surface area contributed by atoms with Crippen LogP contribution in [0.1, 0.15) is 47.5 Å². The topological polar surface area (TPSA) is 96.0 Å². The summed E-state index contributed by atoms with van der Waals surface area (Å²) < 4.78 is 32.4. The maximum Gasteiger partial charge on any atom is 0.243 e. The van der Waals surface area contributed by atoms with Crippen molar-refractivity contribution in [1.82, 2.24) is 9.21 Å². The van der Waals surface area contributed by atoms with Crippen molar-refractivity contribution in [2.24, 2.45) is 11.3 Å². The molecular formula is C22H35N3O5S. The molecule has 174 valence electrons. The van der Waals surface area contributed by atoms with Gasteiger partial charge in [-0.15, -0.1) is 0 Å². The number of hydrogen-bond donors (Lipinski definition) is 1. The third-order valence-corrected chi connectivity index (χ3v) is 7.61. The van der Waals surface area contributed by atoms with Gasteiger partial charge in [0.05, 0.1) is 17.7 Å². The van der Waals surface area contributed by atoms with Crippen LogP contribution >= 0.6 is 0 Å². The van der Waals surface area contributed by atoms with Gasteiger partial charge in [-0.25, -0.2) is 8.42 Å². The largest absolute Gasteiger partial charge is 0.495 e. The van der Waals surface area contributed by atoms with E-state index in [0.29, 0.717) is 50.5 Å². The minimum absolute atomic E-state index is 0.0855. The highest BCUT2D eigenvalue weighted by Crippen LogP contribution is 2.31. The number of ether oxygens (including phenoxy) is 1. The van der Waals surface area contributed by atoms with Crippen LogP contribution in [0.15, 0.2) is 23.1 Å². The van der Waals surface area contributed by atoms with Crippen LogP contribution in [0.4, 0.5) is 5.69 Å². The molecule has 8 nitrogen and oxygen atoms in total. The van der Waals surface area contributed by atoms with E-state index < -0.39 is 15.4 Å². The number of nitrogens with zero attached hydrogens (tertiary/aromatic N) is 2. The smallest absolute Gasteiger partial charge is 0.243 e. The number of carbonyl (C=O) groups excluding carboxylic acids is 2. The number of nitrogens with one attached hydrogen (secondary N) is 1. The van der Waals surface area contributed by atoms with Gasteiger partial charge in [0, 0.05) is 37.5 Å². The van der Waals surface area contributed by atoms with Crippen LogP contribution in [0.5, 0.6) is 5.75 Å². The third kappa shape index (κ3) is 5.77. The van der Waals surface area contributed by atoms with Gasteiger partial charge in [-0.2, -0.15) is 4.31 Å². The lowest BCUT2D eigenvalue weighted by molar-refractivity contribution is -0.142. The predicted octanol–water partition coefficient (Wildman–Crippen LogP) is 2.95. The first-order valence-electron chi connectivity index (χ1n) is 10.7. The highest BCUT2D eigenvalue weighted by molar-refractivity contribution is 7.89. The summed E-state index contributed by atoms with van der Waals surface area (Å²) >= 11 is 0. The molecule has 1 aromatic carbocycles. The molecule has 0 aliphatic carbocycles. The van der Waals surface area contributed by atoms with Crippen molar-refractivity contribution in [3.8, 4) is 5.75 Å². The third-order valence-electron chi connectivity index (χ3n) is 5.57. The summed E-state index contributed by atoms with van der Waals surface area (Å²) in [6.07, 6.45) is 1.13. The second kappa shape index (κ2) is 9.99. The van der Waals surface area contributed by atoms with Crippen LogP contribution in [-0.4, -0.2) is 62.7 Å². The number of sulfonamides is 1. The predicted molar refractivity (Wildman–Crippen MR) is 120 cm³/mol. The summed E-state index contributed by atoms with van der Waals surface area (Å²) in [5.41, 5.74) is -0.117. The van der Waals surface area contributed by atoms with E-state index in [4.69, 9.17) is 4.74 Å². The summed E-state index contributed by atoms with van der Waals surface area (Å²) in [4.78, 5) is 27.3. The number of methoxy groups -OCH3 is 1. The fraction of sp³-hybridized carbons (Fsp3) is 0.636. The molecule has 0 saturated carbocycles. The SMILES string of the molecule is CCN(CC)S(=O)(=O)c1ccc(OC)c(NC(=O)C2CCN(C(=O)C(C)(C)C)CC2)c1. The summed E-state index contributed by atoms with van der Waals surface area (Å²) in [7, 11) is -2.19. The molecule has 1 aliphatic heterocycles. The standard InChI is InChI=1S/C22H35N3O5S/c1-7-25(8-2)31(28,29)17-9-10-19(30-6)18(15-17)23-20(26)16-11-13-24(14-12-16)21(27)22(3,4)5/h9-10,15-16H,7-8,11-14H2,1-6H3,(H,23,26). The Balaban J connectivity index is 2.15. The second-order valence-corrected chi connectivity index (χ2v) is 10.7. The minimum Gasteiger partial charge on any atom is -0.495 e. The minimum atomic E-state index is -3.66. The molecule has 0 aromatic heterocycles. The summed E-state index contributed by atoms with van der Waals surface area (Å²) in [6.45, 7) is 11.0. The van der Waals surface area contributed by atoms with Gasteiger partial charge in [0.25, 0.3) is 0 Å². The normalized spacial score (nSPS) is 15.8. The molecular weight excluding hydrogens is 418 g/mol. The lowest BCUT2D eigenvalue weighted by Gasteiger charge is -2.35. The number of hydrogen-bond acceptors (Lipinski definition) is 5. The van der Waals surface area contributed by atoms with E-state index in [1.54, 1.807) is 19.9 Å². The van der Waals surface area contributed by atoms with E-state index in [2.05, 4.69) is 5.32 Å². The Bertz CT molecular complexity index is 896. The number of likely N-dealkylation sites (tertiary alicyclic amines) is 1. The summed E-state index contributed by atoms with van der Waals surface area (Å²) in [6, 6.07) is 4.48. The van der Waals surface area contributed by atoms with Gasteiger partial charge in [-0.3, -0.25) is 9.59 Å². The van der Waals surface area contributed by atoms with Crippen LogP contribution in [0.3, 0.4) is 0 Å². The van der Waals surface area contributed by atoms with E-state index in [0.717, 1.165) is 0 Å². The van der Waals surface area contributed by atoms with E-state index >= 15 is 0 Å². The molecule has 1 fully saturated rings. The Labute approximate surface area is 186 Å². The lowest BCUT2D eigenvalue weighted by atomic mass is 9.90. The van der Waals surface area contributed by atoms with E-state index in [9.17, 15) is 18.0 Å². The molecule has 1 aliphatic rings. The lowest BCUT2D eigenvalue weighted by Crippen LogP contribution is -2.45. The van der Waals surface area contributed by atoms with E-state index in [1.165, 1.54) is 23.5 Å². The van der Waals surface area contributed by atoms with Crippen molar-refractivity contribution in [1.29, 1.82) is 0 Å². The second-order valence-electron chi connectivity index (χ2n) is 8.76. The van der Waals surface area contributed by atoms with Gasteiger partial charge < -0.3 is 15.0 Å². The summed E-state index contributed by atoms with van der Waals surface area (Å²) in [5, 5.41) is 2.84. The fourth-order valence-corrected chi connectivity index (χ4v) is 5.20. The van der Waals surface area contributed by atoms with Crippen LogP contribution in [-0.2, 0) is 19.6 Å². The van der Waals surface area contributed by atoms with Crippen molar-refractivity contribution in [2.75, 3.05) is 38.6 Å². The molecule has 1 heterocycles. The van der Waals surface area contributed by atoms with Gasteiger partial charge >= 0.3 is 0 Å². The highest BCUT2D eigenvalue weighted by atomic mass is 32.2. The maximum atomic E-state index is 12.9. The molecule has 31 heavy (non-hydrogen) atoms. The van der Waals surface area contributed by atoms with E-state index in [-0.39, 0.29) is 22.6 Å². The van der Waals surface area contributed by atoms with Gasteiger partial charge in [0.1, 0.15) is 5.75 Å². The first-order valence-corrected chi connectivity index (χ1v) is 12.2. The zero-order valence-electron chi connectivity index (χ0n) is 19.4. The number of benzene rings is 1. The molecule has 1 aromatic rings. The van der Waals surface area contributed by atoms with Crippen LogP contribution in [0.2, 0.25) is 0 Å². The highest BCUT2D eigenvalue weighted by Gasteiger charge is 2.33. The molecule has 0 radical (unpaired) electrons. The molecule has 0 unspecified atom stereocenters. The van der Waals surface area contributed by atoms with Crippen molar-refractivity contribution < 1.29 is 22.7 Å². The Morgan fingerprint density at radius 2 is 1.74 bits per heavy atom. The van der Waals surface area contributed by atoms with Crippen molar-refractivity contribution in [2.45, 2.75) is 52.4 Å². The Morgan fingerprint density at radius 1 is 1.16 bits per heavy atom. The Hall–Kier alpha value is -2.13. The number of piperidine rings is 1. The number of amides is 2. The average Bonchev–Trinajstić information content (AvgIpc) is 2.73. The van der Waals surface area contributed by atoms with Gasteiger partial charge in [-0.05, 0) is 31.0 Å². The van der Waals surface area contributed by atoms with Gasteiger partial charge in [-0.1, -0.05) is 34.6 Å². The molecule has 1 N–H and O–H groups in total. The van der Waals surface area contributed by atoms with Crippen molar-refractivity contribution in [3.05, 3.63) is 18.2 Å². The Kier molecular flexibility index (Phi) is 8.10. The molecule has 0 spiro atoms. The molecule has 9 heteroatoms. The van der Waals surface area contributed by atoms with Crippen molar-refractivity contribution in [3.63, 3.8) is 0 Å².